The number of para-hydroxylation sites is 1. The highest BCUT2D eigenvalue weighted by Gasteiger charge is 2.32. The van der Waals surface area contributed by atoms with E-state index in [-0.39, 0.29) is 22.3 Å². The third kappa shape index (κ3) is 3.42. The summed E-state index contributed by atoms with van der Waals surface area (Å²) in [5, 5.41) is 11.4. The van der Waals surface area contributed by atoms with Crippen molar-refractivity contribution in [2.75, 3.05) is 0 Å². The van der Waals surface area contributed by atoms with Gasteiger partial charge < -0.3 is 9.72 Å². The van der Waals surface area contributed by atoms with E-state index in [1.165, 1.54) is 12.1 Å². The fourth-order valence-electron chi connectivity index (χ4n) is 2.28. The number of hydrogen-bond acceptors (Lipinski definition) is 5. The smallest absolute Gasteiger partial charge is 0.406 e. The van der Waals surface area contributed by atoms with Crippen molar-refractivity contribution in [3.63, 3.8) is 0 Å². The van der Waals surface area contributed by atoms with E-state index in [1.807, 2.05) is 0 Å². The Balaban J connectivity index is 2.22. The number of fused-ring (bicyclic) bond motifs is 1. The van der Waals surface area contributed by atoms with Gasteiger partial charge in [-0.1, -0.05) is 12.1 Å². The number of nitrogens with one attached hydrogen (secondary N) is 1. The van der Waals surface area contributed by atoms with E-state index in [4.69, 9.17) is 0 Å². The lowest BCUT2D eigenvalue weighted by Crippen LogP contribution is -2.17. The average Bonchev–Trinajstić information content (AvgIpc) is 2.53. The Labute approximate surface area is 136 Å². The van der Waals surface area contributed by atoms with Crippen LogP contribution in [0.4, 0.5) is 18.9 Å². The lowest BCUT2D eigenvalue weighted by molar-refractivity contribution is -0.384. The van der Waals surface area contributed by atoms with E-state index in [9.17, 15) is 28.1 Å². The van der Waals surface area contributed by atoms with Crippen molar-refractivity contribution in [1.29, 1.82) is 0 Å². The first-order chi connectivity index (χ1) is 11.7. The Kier molecular flexibility index (Phi) is 3.87. The molecule has 0 saturated carbocycles. The quantitative estimate of drug-likeness (QED) is 0.576. The number of hydrogen-bond donors (Lipinski definition) is 1. The molecule has 3 rings (SSSR count). The van der Waals surface area contributed by atoms with Crippen LogP contribution in [0.15, 0.2) is 47.3 Å². The maximum Gasteiger partial charge on any atom is 0.573 e. The maximum absolute atomic E-state index is 12.4. The number of nitro benzene ring substituents is 1. The number of nitrogens with zero attached hydrogens (tertiary/aromatic N) is 2. The SMILES string of the molecule is O=c1[nH]c(-c2cc(OC(F)(F)F)ccc2[N+](=O)[O-])nc2ccccc12. The van der Waals surface area contributed by atoms with Crippen LogP contribution in [0.2, 0.25) is 0 Å². The minimum absolute atomic E-state index is 0.233. The van der Waals surface area contributed by atoms with Crippen molar-refractivity contribution < 1.29 is 22.8 Å². The van der Waals surface area contributed by atoms with E-state index in [1.54, 1.807) is 12.1 Å². The number of nitro groups is 1. The van der Waals surface area contributed by atoms with E-state index < -0.39 is 28.3 Å². The molecule has 0 fully saturated rings. The predicted molar refractivity (Wildman–Crippen MR) is 81.1 cm³/mol. The van der Waals surface area contributed by atoms with Crippen LogP contribution in [0.25, 0.3) is 22.3 Å². The number of rotatable bonds is 3. The van der Waals surface area contributed by atoms with E-state index in [0.717, 1.165) is 18.2 Å². The molecule has 0 spiro atoms. The van der Waals surface area contributed by atoms with Crippen molar-refractivity contribution in [3.05, 3.63) is 62.9 Å². The molecule has 25 heavy (non-hydrogen) atoms. The molecule has 7 nitrogen and oxygen atoms in total. The van der Waals surface area contributed by atoms with Crippen molar-refractivity contribution in [3.8, 4) is 17.1 Å². The highest BCUT2D eigenvalue weighted by Crippen LogP contribution is 2.33. The molecule has 2 aromatic carbocycles. The number of benzene rings is 2. The van der Waals surface area contributed by atoms with Crippen molar-refractivity contribution >= 4 is 16.6 Å². The summed E-state index contributed by atoms with van der Waals surface area (Å²) in [4.78, 5) is 28.9. The zero-order valence-corrected chi connectivity index (χ0v) is 12.2. The first kappa shape index (κ1) is 16.4. The van der Waals surface area contributed by atoms with Gasteiger partial charge in [-0.25, -0.2) is 4.98 Å². The number of alkyl halides is 3. The van der Waals surface area contributed by atoms with Gasteiger partial charge in [-0.2, -0.15) is 0 Å². The van der Waals surface area contributed by atoms with Crippen LogP contribution in [0.3, 0.4) is 0 Å². The summed E-state index contributed by atoms with van der Waals surface area (Å²) < 4.78 is 40.9. The van der Waals surface area contributed by atoms with Crippen molar-refractivity contribution in [1.82, 2.24) is 9.97 Å². The molecule has 128 valence electrons. The molecule has 1 heterocycles. The summed E-state index contributed by atoms with van der Waals surface area (Å²) in [6.07, 6.45) is -4.96. The minimum atomic E-state index is -4.96. The summed E-state index contributed by atoms with van der Waals surface area (Å²) in [5.41, 5.74) is -1.14. The van der Waals surface area contributed by atoms with Gasteiger partial charge in [0.25, 0.3) is 11.2 Å². The molecule has 10 heteroatoms. The molecule has 0 amide bonds. The monoisotopic (exact) mass is 351 g/mol. The molecule has 0 bridgehead atoms. The van der Waals surface area contributed by atoms with Crippen molar-refractivity contribution in [2.45, 2.75) is 6.36 Å². The van der Waals surface area contributed by atoms with Gasteiger partial charge in [-0.15, -0.1) is 13.2 Å². The highest BCUT2D eigenvalue weighted by molar-refractivity contribution is 5.80. The Morgan fingerprint density at radius 2 is 1.88 bits per heavy atom. The molecule has 3 aromatic rings. The fourth-order valence-corrected chi connectivity index (χ4v) is 2.28. The summed E-state index contributed by atoms with van der Waals surface area (Å²) >= 11 is 0. The molecule has 0 radical (unpaired) electrons. The van der Waals surface area contributed by atoms with Crippen LogP contribution in [0.1, 0.15) is 0 Å². The number of aromatic nitrogens is 2. The number of halogens is 3. The number of aromatic amines is 1. The second-order valence-corrected chi connectivity index (χ2v) is 4.92. The Morgan fingerprint density at radius 3 is 2.56 bits per heavy atom. The highest BCUT2D eigenvalue weighted by atomic mass is 19.4. The predicted octanol–water partition coefficient (Wildman–Crippen LogP) is 3.40. The minimum Gasteiger partial charge on any atom is -0.406 e. The Hall–Kier alpha value is -3.43. The third-order valence-corrected chi connectivity index (χ3v) is 3.27. The molecule has 0 atom stereocenters. The van der Waals surface area contributed by atoms with Gasteiger partial charge in [0.05, 0.1) is 21.4 Å². The maximum atomic E-state index is 12.4. The van der Waals surface area contributed by atoms with Gasteiger partial charge >= 0.3 is 6.36 Å². The molecule has 0 unspecified atom stereocenters. The number of ether oxygens (including phenoxy) is 1. The molecule has 0 aliphatic heterocycles. The van der Waals surface area contributed by atoms with Crippen LogP contribution >= 0.6 is 0 Å². The number of H-pyrrole nitrogens is 1. The largest absolute Gasteiger partial charge is 0.573 e. The Morgan fingerprint density at radius 1 is 1.16 bits per heavy atom. The van der Waals surface area contributed by atoms with Gasteiger partial charge in [0, 0.05) is 6.07 Å². The van der Waals surface area contributed by atoms with E-state index >= 15 is 0 Å². The molecular weight excluding hydrogens is 343 g/mol. The summed E-state index contributed by atoms with van der Waals surface area (Å²) in [5.74, 6) is -0.896. The lowest BCUT2D eigenvalue weighted by atomic mass is 10.1. The molecule has 1 N–H and O–H groups in total. The summed E-state index contributed by atoms with van der Waals surface area (Å²) in [7, 11) is 0. The molecule has 0 aliphatic carbocycles. The topological polar surface area (TPSA) is 98.1 Å². The van der Waals surface area contributed by atoms with Crippen LogP contribution in [-0.4, -0.2) is 21.3 Å². The van der Waals surface area contributed by atoms with E-state index in [2.05, 4.69) is 14.7 Å². The van der Waals surface area contributed by atoms with Crippen LogP contribution in [0.5, 0.6) is 5.75 Å². The second kappa shape index (κ2) is 5.89. The standard InChI is InChI=1S/C15H8F3N3O4/c16-15(17,18)25-8-5-6-12(21(23)24)10(7-8)13-19-11-4-2-1-3-9(11)14(22)20-13/h1-7H,(H,19,20,22). The van der Waals surface area contributed by atoms with Crippen LogP contribution < -0.4 is 10.3 Å². The lowest BCUT2D eigenvalue weighted by Gasteiger charge is -2.10. The third-order valence-electron chi connectivity index (χ3n) is 3.27. The van der Waals surface area contributed by atoms with Crippen LogP contribution in [-0.2, 0) is 0 Å². The Bertz CT molecular complexity index is 1030. The summed E-state index contributed by atoms with van der Waals surface area (Å²) in [6, 6.07) is 8.70. The zero-order chi connectivity index (χ0) is 18.2. The molecular formula is C15H8F3N3O4. The second-order valence-electron chi connectivity index (χ2n) is 4.92. The molecule has 0 saturated heterocycles. The molecule has 1 aromatic heterocycles. The average molecular weight is 351 g/mol. The first-order valence-corrected chi connectivity index (χ1v) is 6.78. The van der Waals surface area contributed by atoms with Gasteiger partial charge in [-0.3, -0.25) is 14.9 Å². The van der Waals surface area contributed by atoms with Gasteiger partial charge in [-0.05, 0) is 24.3 Å². The van der Waals surface area contributed by atoms with Gasteiger partial charge in [0.1, 0.15) is 11.6 Å². The zero-order valence-electron chi connectivity index (χ0n) is 12.2. The normalized spacial score (nSPS) is 11.5. The molecule has 0 aliphatic rings. The fraction of sp³-hybridized carbons (Fsp3) is 0.0667. The van der Waals surface area contributed by atoms with Gasteiger partial charge in [0.15, 0.2) is 0 Å². The summed E-state index contributed by atoms with van der Waals surface area (Å²) in [6.45, 7) is 0. The van der Waals surface area contributed by atoms with Gasteiger partial charge in [0.2, 0.25) is 0 Å². The van der Waals surface area contributed by atoms with E-state index in [0.29, 0.717) is 0 Å². The van der Waals surface area contributed by atoms with Crippen molar-refractivity contribution in [2.24, 2.45) is 0 Å². The van der Waals surface area contributed by atoms with Crippen LogP contribution in [0, 0.1) is 10.1 Å². The first-order valence-electron chi connectivity index (χ1n) is 6.78.